The summed E-state index contributed by atoms with van der Waals surface area (Å²) in [5.74, 6) is -2.40. The molecule has 3 aliphatic rings. The van der Waals surface area contributed by atoms with Crippen LogP contribution in [0.3, 0.4) is 0 Å². The topological polar surface area (TPSA) is 95.3 Å². The highest BCUT2D eigenvalue weighted by molar-refractivity contribution is 5.95. The number of nitrogens with one attached hydrogen (secondary N) is 2. The van der Waals surface area contributed by atoms with Gasteiger partial charge in [0.1, 0.15) is 11.6 Å². The van der Waals surface area contributed by atoms with Gasteiger partial charge in [-0.3, -0.25) is 9.89 Å². The minimum Gasteiger partial charge on any atom is -0.481 e. The van der Waals surface area contributed by atoms with Crippen LogP contribution < -0.4 is 5.32 Å². The third-order valence-corrected chi connectivity index (χ3v) is 6.68. The normalized spacial score (nSPS) is 24.8. The first kappa shape index (κ1) is 19.4. The van der Waals surface area contributed by atoms with E-state index in [9.17, 15) is 18.7 Å². The van der Waals surface area contributed by atoms with Gasteiger partial charge in [0.2, 0.25) is 0 Å². The van der Waals surface area contributed by atoms with E-state index < -0.39 is 23.5 Å². The Morgan fingerprint density at radius 3 is 2.65 bits per heavy atom. The van der Waals surface area contributed by atoms with Crippen molar-refractivity contribution in [2.75, 3.05) is 5.32 Å². The Kier molecular flexibility index (Phi) is 4.58. The van der Waals surface area contributed by atoms with E-state index in [1.165, 1.54) is 12.1 Å². The number of aromatic nitrogens is 3. The van der Waals surface area contributed by atoms with Gasteiger partial charge >= 0.3 is 5.97 Å². The second-order valence-corrected chi connectivity index (χ2v) is 8.29. The van der Waals surface area contributed by atoms with Crippen molar-refractivity contribution < 1.29 is 18.7 Å². The lowest BCUT2D eigenvalue weighted by Crippen LogP contribution is -2.51. The van der Waals surface area contributed by atoms with Crippen molar-refractivity contribution in [3.63, 3.8) is 0 Å². The maximum absolute atomic E-state index is 14.9. The molecule has 0 radical (unpaired) electrons. The third kappa shape index (κ3) is 3.19. The summed E-state index contributed by atoms with van der Waals surface area (Å²) in [6.45, 7) is 7.45. The standard InChI is InChI=1S/C22H19F2N5O2/c1-25-16-8-15(24)17(27-19-11-4-2-10(3-5-11)18(19)22(30)31)7-13(16)20-14-6-12(23)9-26-21(14)29-28-20/h6-11,18-19,27H,2-5H2,(H,30,31)(H,26,28,29)/t10?,11?,18-,19?/m0/s1. The Labute approximate surface area is 176 Å². The highest BCUT2D eigenvalue weighted by Crippen LogP contribution is 2.47. The SMILES string of the molecule is [C-]#[N+]c1cc(F)c(NC2C3CCC(CC3)[C@@H]2C(=O)O)cc1-c1[nH]nc2ncc(F)cc12. The van der Waals surface area contributed by atoms with Gasteiger partial charge in [-0.05, 0) is 55.7 Å². The third-order valence-electron chi connectivity index (χ3n) is 6.68. The Hall–Kier alpha value is -3.54. The fourth-order valence-electron chi connectivity index (χ4n) is 5.24. The van der Waals surface area contributed by atoms with Crippen molar-refractivity contribution >= 4 is 28.4 Å². The molecule has 3 N–H and O–H groups in total. The van der Waals surface area contributed by atoms with E-state index >= 15 is 0 Å². The molecule has 3 aliphatic carbocycles. The molecule has 31 heavy (non-hydrogen) atoms. The molecule has 3 fully saturated rings. The molecule has 2 atom stereocenters. The largest absolute Gasteiger partial charge is 0.481 e. The van der Waals surface area contributed by atoms with Crippen LogP contribution in [0, 0.1) is 36.0 Å². The molecule has 158 valence electrons. The van der Waals surface area contributed by atoms with Gasteiger partial charge in [0.05, 0.1) is 30.1 Å². The van der Waals surface area contributed by atoms with Crippen molar-refractivity contribution in [3.05, 3.63) is 47.4 Å². The molecule has 0 spiro atoms. The average molecular weight is 423 g/mol. The molecule has 0 amide bonds. The number of hydrogen-bond donors (Lipinski definition) is 3. The van der Waals surface area contributed by atoms with Crippen LogP contribution in [0.25, 0.3) is 27.1 Å². The lowest BCUT2D eigenvalue weighted by molar-refractivity contribution is -0.148. The summed E-state index contributed by atoms with van der Waals surface area (Å²) in [5.41, 5.74) is 1.15. The minimum absolute atomic E-state index is 0.0396. The number of halogens is 2. The van der Waals surface area contributed by atoms with Crippen LogP contribution in [0.2, 0.25) is 0 Å². The van der Waals surface area contributed by atoms with Crippen molar-refractivity contribution in [1.82, 2.24) is 15.2 Å². The molecule has 1 aromatic carbocycles. The lowest BCUT2D eigenvalue weighted by Gasteiger charge is -2.47. The van der Waals surface area contributed by atoms with E-state index in [2.05, 4.69) is 25.3 Å². The van der Waals surface area contributed by atoms with Gasteiger partial charge in [0.15, 0.2) is 11.3 Å². The van der Waals surface area contributed by atoms with Crippen LogP contribution in [-0.4, -0.2) is 32.3 Å². The Morgan fingerprint density at radius 1 is 1.19 bits per heavy atom. The second-order valence-electron chi connectivity index (χ2n) is 8.29. The average Bonchev–Trinajstić information content (AvgIpc) is 3.18. The summed E-state index contributed by atoms with van der Waals surface area (Å²) in [6, 6.07) is 3.46. The van der Waals surface area contributed by atoms with Crippen LogP contribution in [-0.2, 0) is 4.79 Å². The number of hydrogen-bond acceptors (Lipinski definition) is 4. The number of benzene rings is 1. The van der Waals surface area contributed by atoms with E-state index in [1.807, 2.05) is 0 Å². The molecule has 3 saturated carbocycles. The highest BCUT2D eigenvalue weighted by atomic mass is 19.1. The first-order valence-electron chi connectivity index (χ1n) is 10.2. The van der Waals surface area contributed by atoms with Gasteiger partial charge in [0.25, 0.3) is 0 Å². The van der Waals surface area contributed by atoms with Gasteiger partial charge in [-0.1, -0.05) is 0 Å². The fourth-order valence-corrected chi connectivity index (χ4v) is 5.24. The smallest absolute Gasteiger partial charge is 0.308 e. The maximum Gasteiger partial charge on any atom is 0.308 e. The molecule has 2 bridgehead atoms. The quantitative estimate of drug-likeness (QED) is 0.526. The number of fused-ring (bicyclic) bond motifs is 4. The number of carbonyl (C=O) groups is 1. The number of aliphatic carboxylic acids is 1. The predicted molar refractivity (Wildman–Crippen MR) is 109 cm³/mol. The zero-order valence-electron chi connectivity index (χ0n) is 16.4. The van der Waals surface area contributed by atoms with E-state index in [0.717, 1.165) is 37.9 Å². The van der Waals surface area contributed by atoms with Gasteiger partial charge < -0.3 is 10.4 Å². The number of carboxylic acid groups (broad SMARTS) is 1. The Morgan fingerprint density at radius 2 is 1.94 bits per heavy atom. The van der Waals surface area contributed by atoms with Gasteiger partial charge in [-0.25, -0.2) is 18.6 Å². The molecule has 1 unspecified atom stereocenters. The highest BCUT2D eigenvalue weighted by Gasteiger charge is 2.47. The number of carboxylic acids is 1. The van der Waals surface area contributed by atoms with E-state index in [-0.39, 0.29) is 34.9 Å². The summed E-state index contributed by atoms with van der Waals surface area (Å²) >= 11 is 0. The summed E-state index contributed by atoms with van der Waals surface area (Å²) in [5, 5.41) is 20.1. The monoisotopic (exact) mass is 423 g/mol. The summed E-state index contributed by atoms with van der Waals surface area (Å²) < 4.78 is 28.7. The van der Waals surface area contributed by atoms with Gasteiger partial charge in [0, 0.05) is 17.0 Å². The van der Waals surface area contributed by atoms with Crippen LogP contribution in [0.1, 0.15) is 25.7 Å². The Bertz CT molecular complexity index is 1230. The first-order valence-corrected chi connectivity index (χ1v) is 10.2. The molecular formula is C22H19F2N5O2. The first-order chi connectivity index (χ1) is 15.0. The molecule has 9 heteroatoms. The number of H-pyrrole nitrogens is 1. The molecule has 2 heterocycles. The van der Waals surface area contributed by atoms with Gasteiger partial charge in [-0.15, -0.1) is 0 Å². The van der Waals surface area contributed by atoms with Crippen molar-refractivity contribution in [2.24, 2.45) is 17.8 Å². The van der Waals surface area contributed by atoms with Crippen LogP contribution in [0.5, 0.6) is 0 Å². The van der Waals surface area contributed by atoms with E-state index in [4.69, 9.17) is 6.57 Å². The van der Waals surface area contributed by atoms with Crippen LogP contribution in [0.15, 0.2) is 24.4 Å². The number of pyridine rings is 1. The molecule has 0 saturated heterocycles. The molecule has 0 aliphatic heterocycles. The minimum atomic E-state index is -0.869. The number of rotatable bonds is 4. The maximum atomic E-state index is 14.9. The number of anilines is 1. The second kappa shape index (κ2) is 7.30. The number of aromatic amines is 1. The molecule has 7 nitrogen and oxygen atoms in total. The number of nitrogens with zero attached hydrogens (tertiary/aromatic N) is 3. The summed E-state index contributed by atoms with van der Waals surface area (Å²) in [7, 11) is 0. The van der Waals surface area contributed by atoms with Crippen molar-refractivity contribution in [3.8, 4) is 11.3 Å². The van der Waals surface area contributed by atoms with Crippen molar-refractivity contribution in [1.29, 1.82) is 0 Å². The molecule has 3 aromatic rings. The zero-order chi connectivity index (χ0) is 21.7. The Balaban J connectivity index is 1.58. The lowest BCUT2D eigenvalue weighted by atomic mass is 9.61. The van der Waals surface area contributed by atoms with Gasteiger partial charge in [-0.2, -0.15) is 5.10 Å². The molecule has 2 aromatic heterocycles. The fraction of sp³-hybridized carbons (Fsp3) is 0.364. The van der Waals surface area contributed by atoms with E-state index in [0.29, 0.717) is 16.6 Å². The summed E-state index contributed by atoms with van der Waals surface area (Å²) in [4.78, 5) is 19.3. The van der Waals surface area contributed by atoms with Crippen molar-refractivity contribution in [2.45, 2.75) is 31.7 Å². The van der Waals surface area contributed by atoms with E-state index in [1.54, 1.807) is 0 Å². The van der Waals surface area contributed by atoms with Crippen LogP contribution in [0.4, 0.5) is 20.2 Å². The molecular weight excluding hydrogens is 404 g/mol. The van der Waals surface area contributed by atoms with Crippen LogP contribution >= 0.6 is 0 Å². The molecule has 6 rings (SSSR count). The zero-order valence-corrected chi connectivity index (χ0v) is 16.4. The summed E-state index contributed by atoms with van der Waals surface area (Å²) in [6.07, 6.45) is 4.63. The predicted octanol–water partition coefficient (Wildman–Crippen LogP) is 4.76.